The van der Waals surface area contributed by atoms with E-state index in [9.17, 15) is 0 Å². The Labute approximate surface area is 510 Å². The zero-order valence-corrected chi connectivity index (χ0v) is 52.0. The van der Waals surface area contributed by atoms with Crippen molar-refractivity contribution >= 4 is 79.0 Å². The third-order valence-corrected chi connectivity index (χ3v) is 18.3. The Bertz CT molecular complexity index is 4310. The molecule has 422 valence electrons. The average Bonchev–Trinajstić information content (AvgIpc) is 0.761. The number of anilines is 6. The van der Waals surface area contributed by atoms with Crippen LogP contribution < -0.4 is 26.2 Å². The molecule has 4 heteroatoms. The smallest absolute Gasteiger partial charge is 0.252 e. The van der Waals surface area contributed by atoms with Crippen molar-refractivity contribution in [2.45, 2.75) is 105 Å². The van der Waals surface area contributed by atoms with Crippen molar-refractivity contribution in [3.63, 3.8) is 0 Å². The van der Waals surface area contributed by atoms with E-state index in [2.05, 4.69) is 340 Å². The third-order valence-electron chi connectivity index (χ3n) is 18.3. The van der Waals surface area contributed by atoms with Gasteiger partial charge in [0.2, 0.25) is 0 Å². The zero-order chi connectivity index (χ0) is 59.6. The van der Waals surface area contributed by atoms with Crippen molar-refractivity contribution in [3.05, 3.63) is 265 Å². The minimum atomic E-state index is -0.212. The molecule has 0 fully saturated rings. The van der Waals surface area contributed by atoms with E-state index in [4.69, 9.17) is 0 Å². The summed E-state index contributed by atoms with van der Waals surface area (Å²) in [7, 11) is 0. The van der Waals surface area contributed by atoms with Crippen molar-refractivity contribution < 1.29 is 0 Å². The van der Waals surface area contributed by atoms with Gasteiger partial charge in [-0.25, -0.2) is 0 Å². The molecule has 3 nitrogen and oxygen atoms in total. The summed E-state index contributed by atoms with van der Waals surface area (Å²) in [5.41, 5.74) is 28.7. The summed E-state index contributed by atoms with van der Waals surface area (Å²) in [6.07, 6.45) is 0. The second kappa shape index (κ2) is 20.3. The fourth-order valence-electron chi connectivity index (χ4n) is 14.2. The minimum absolute atomic E-state index is 0.172. The second-order valence-corrected chi connectivity index (χ2v) is 28.2. The van der Waals surface area contributed by atoms with Gasteiger partial charge >= 0.3 is 0 Å². The van der Waals surface area contributed by atoms with E-state index >= 15 is 0 Å². The monoisotopic (exact) mass is 1110 g/mol. The Morgan fingerprint density at radius 3 is 0.930 bits per heavy atom. The lowest BCUT2D eigenvalue weighted by Crippen LogP contribution is -2.61. The molecule has 0 saturated carbocycles. The number of benzene rings is 11. The molecule has 14 rings (SSSR count). The van der Waals surface area contributed by atoms with Crippen molar-refractivity contribution in [2.75, 3.05) is 9.80 Å². The van der Waals surface area contributed by atoms with E-state index in [1.807, 2.05) is 0 Å². The molecule has 0 atom stereocenters. The maximum atomic E-state index is 2.67. The molecule has 86 heavy (non-hydrogen) atoms. The van der Waals surface area contributed by atoms with Gasteiger partial charge in [-0.3, -0.25) is 0 Å². The van der Waals surface area contributed by atoms with Crippen LogP contribution in [0.2, 0.25) is 0 Å². The quantitative estimate of drug-likeness (QED) is 0.147. The number of hydrogen-bond acceptors (Lipinski definition) is 2. The molecule has 11 aromatic carbocycles. The summed E-state index contributed by atoms with van der Waals surface area (Å²) in [6, 6.07) is 92.3. The molecule has 3 heterocycles. The van der Waals surface area contributed by atoms with Crippen LogP contribution in [0.4, 0.5) is 34.1 Å². The summed E-state index contributed by atoms with van der Waals surface area (Å²) in [5, 5.41) is 2.47. The minimum Gasteiger partial charge on any atom is -0.311 e. The second-order valence-electron chi connectivity index (χ2n) is 28.2. The Morgan fingerprint density at radius 2 is 0.581 bits per heavy atom. The van der Waals surface area contributed by atoms with E-state index < -0.39 is 0 Å². The lowest BCUT2D eigenvalue weighted by Gasteiger charge is -2.46. The molecule has 0 aliphatic carbocycles. The molecule has 0 amide bonds. The highest BCUT2D eigenvalue weighted by molar-refractivity contribution is 7.00. The summed E-state index contributed by atoms with van der Waals surface area (Å²) in [4.78, 5) is 5.33. The van der Waals surface area contributed by atoms with Gasteiger partial charge < -0.3 is 14.4 Å². The van der Waals surface area contributed by atoms with Crippen molar-refractivity contribution in [3.8, 4) is 50.2 Å². The van der Waals surface area contributed by atoms with Gasteiger partial charge in [-0.05, 0) is 165 Å². The van der Waals surface area contributed by atoms with Crippen LogP contribution in [0.3, 0.4) is 0 Å². The van der Waals surface area contributed by atoms with Crippen LogP contribution in [0.5, 0.6) is 0 Å². The Balaban J connectivity index is 1.19. The highest BCUT2D eigenvalue weighted by Crippen LogP contribution is 2.52. The first-order valence-corrected chi connectivity index (χ1v) is 30.9. The molecule has 12 aromatic rings. The largest absolute Gasteiger partial charge is 0.311 e. The first-order valence-electron chi connectivity index (χ1n) is 30.9. The molecule has 2 aliphatic heterocycles. The van der Waals surface area contributed by atoms with Crippen LogP contribution in [0.1, 0.15) is 105 Å². The SMILES string of the molecule is CC(C)(C)c1cc(N2c3cc(C(C)(C)C)c(-c4ccccc4)cc3B3c4cc(-c5ccccc5)c(C(C)(C)C)cc4N(c4ccc(-c5ccccc5)c(C(C)(C)C)c4)c4cc(-n5c6ccccc6c6ccccc65)cc2c43)ccc1-c1ccccc1. The number of fused-ring (bicyclic) bond motifs is 7. The molecule has 0 bridgehead atoms. The van der Waals surface area contributed by atoms with E-state index in [0.29, 0.717) is 0 Å². The number of rotatable bonds is 7. The Kier molecular flexibility index (Phi) is 12.9. The number of para-hydroxylation sites is 2. The number of aromatic nitrogens is 1. The first-order chi connectivity index (χ1) is 41.2. The van der Waals surface area contributed by atoms with Crippen LogP contribution in [0.25, 0.3) is 72.0 Å². The zero-order valence-electron chi connectivity index (χ0n) is 52.0. The predicted octanol–water partition coefficient (Wildman–Crippen LogP) is 20.7. The van der Waals surface area contributed by atoms with Crippen molar-refractivity contribution in [1.29, 1.82) is 0 Å². The Morgan fingerprint density at radius 1 is 0.267 bits per heavy atom. The Hall–Kier alpha value is -9.12. The fourth-order valence-corrected chi connectivity index (χ4v) is 14.2. The molecule has 0 spiro atoms. The third kappa shape index (κ3) is 9.19. The molecule has 2 aliphatic rings. The van der Waals surface area contributed by atoms with Gasteiger partial charge in [-0.15, -0.1) is 0 Å². The van der Waals surface area contributed by atoms with E-state index in [-0.39, 0.29) is 28.4 Å². The number of nitrogens with zero attached hydrogens (tertiary/aromatic N) is 3. The molecule has 0 radical (unpaired) electrons. The fraction of sp³-hybridized carbons (Fsp3) is 0.195. The molecule has 0 saturated heterocycles. The van der Waals surface area contributed by atoms with Gasteiger partial charge in [-0.2, -0.15) is 0 Å². The normalized spacial score (nSPS) is 13.3. The van der Waals surface area contributed by atoms with Crippen molar-refractivity contribution in [2.24, 2.45) is 0 Å². The molecular weight excluding hydrogens is 1040 g/mol. The standard InChI is InChI=1S/C82H76BN3/c1-79(2,3)66-45-57(41-43-60(66)53-29-17-13-18-30-53)84-74-51-68(81(7,8)9)64(55-33-21-15-22-34-55)49-70(74)83-71-50-65(56-35-23-16-24-36-56)69(82(10,11)12)52-75(71)85(58-42-44-61(54-31-19-14-20-32-54)67(46-58)80(4,5)6)77-48-59(47-76(84)78(77)83)86-72-39-27-25-37-62(72)63-38-26-28-40-73(63)86/h13-52H,1-12H3. The highest BCUT2D eigenvalue weighted by atomic mass is 15.2. The molecular formula is C82H76BN3. The van der Waals surface area contributed by atoms with Gasteiger partial charge in [0.05, 0.1) is 16.7 Å². The van der Waals surface area contributed by atoms with Crippen LogP contribution in [-0.2, 0) is 21.7 Å². The summed E-state index contributed by atoms with van der Waals surface area (Å²) >= 11 is 0. The van der Waals surface area contributed by atoms with Crippen molar-refractivity contribution in [1.82, 2.24) is 4.57 Å². The van der Waals surface area contributed by atoms with Gasteiger partial charge in [0.15, 0.2) is 0 Å². The topological polar surface area (TPSA) is 11.4 Å². The average molecular weight is 1110 g/mol. The first kappa shape index (κ1) is 54.8. The van der Waals surface area contributed by atoms with Crippen LogP contribution in [0.15, 0.2) is 243 Å². The molecule has 0 N–H and O–H groups in total. The maximum Gasteiger partial charge on any atom is 0.252 e. The number of hydrogen-bond donors (Lipinski definition) is 0. The van der Waals surface area contributed by atoms with Gasteiger partial charge in [0.25, 0.3) is 6.71 Å². The summed E-state index contributed by atoms with van der Waals surface area (Å²) in [6.45, 7) is 28.3. The lowest BCUT2D eigenvalue weighted by atomic mass is 9.33. The maximum absolute atomic E-state index is 2.67. The molecule has 1 aromatic heterocycles. The van der Waals surface area contributed by atoms with Crippen LogP contribution in [0, 0.1) is 0 Å². The highest BCUT2D eigenvalue weighted by Gasteiger charge is 2.46. The summed E-state index contributed by atoms with van der Waals surface area (Å²) in [5.74, 6) is 0. The lowest BCUT2D eigenvalue weighted by molar-refractivity contribution is 0.591. The predicted molar refractivity (Wildman–Crippen MR) is 371 cm³/mol. The van der Waals surface area contributed by atoms with Gasteiger partial charge in [-0.1, -0.05) is 265 Å². The van der Waals surface area contributed by atoms with E-state index in [1.54, 1.807) is 0 Å². The van der Waals surface area contributed by atoms with Crippen LogP contribution in [-0.4, -0.2) is 11.3 Å². The van der Waals surface area contributed by atoms with Gasteiger partial charge in [0, 0.05) is 44.9 Å². The van der Waals surface area contributed by atoms with Crippen LogP contribution >= 0.6 is 0 Å². The molecule has 0 unspecified atom stereocenters. The van der Waals surface area contributed by atoms with Gasteiger partial charge in [0.1, 0.15) is 0 Å². The van der Waals surface area contributed by atoms with E-state index in [1.165, 1.54) is 128 Å². The van der Waals surface area contributed by atoms with E-state index in [0.717, 1.165) is 17.1 Å². The summed E-state index contributed by atoms with van der Waals surface area (Å²) < 4.78 is 2.54.